The maximum atomic E-state index is 11.5. The first-order chi connectivity index (χ1) is 18.5. The van der Waals surface area contributed by atoms with Gasteiger partial charge in [-0.3, -0.25) is 20.2 Å². The minimum absolute atomic E-state index is 0.0935. The van der Waals surface area contributed by atoms with E-state index in [2.05, 4.69) is 4.74 Å². The van der Waals surface area contributed by atoms with Crippen molar-refractivity contribution in [1.82, 2.24) is 0 Å². The first kappa shape index (κ1) is 28.2. The third-order valence-electron chi connectivity index (χ3n) is 5.93. The maximum absolute atomic E-state index is 11.5. The van der Waals surface area contributed by atoms with Crippen molar-refractivity contribution in [3.63, 3.8) is 0 Å². The summed E-state index contributed by atoms with van der Waals surface area (Å²) in [5.41, 5.74) is 4.00. The lowest BCUT2D eigenvalue weighted by molar-refractivity contribution is -0.384. The number of hydrogen-bond donors (Lipinski definition) is 1. The Balaban J connectivity index is 0.000000216. The van der Waals surface area contributed by atoms with E-state index in [1.165, 1.54) is 31.4 Å². The summed E-state index contributed by atoms with van der Waals surface area (Å²) in [5, 5.41) is 31.2. The van der Waals surface area contributed by atoms with Crippen molar-refractivity contribution in [2.24, 2.45) is 0 Å². The number of carboxylic acid groups (broad SMARTS) is 1. The number of esters is 1. The van der Waals surface area contributed by atoms with Crippen LogP contribution >= 0.6 is 0 Å². The Hall–Kier alpha value is -5.38. The second kappa shape index (κ2) is 12.2. The largest absolute Gasteiger partial charge is 0.478 e. The van der Waals surface area contributed by atoms with E-state index in [0.717, 1.165) is 28.3 Å². The molecule has 0 aliphatic carbocycles. The minimum Gasteiger partial charge on any atom is -0.478 e. The quantitative estimate of drug-likeness (QED) is 0.166. The third-order valence-corrected chi connectivity index (χ3v) is 5.93. The van der Waals surface area contributed by atoms with Gasteiger partial charge in [0.1, 0.15) is 0 Å². The molecule has 0 radical (unpaired) electrons. The molecule has 10 nitrogen and oxygen atoms in total. The fraction of sp³-hybridized carbons (Fsp3) is 0.103. The molecule has 10 heteroatoms. The number of hydrogen-bond acceptors (Lipinski definition) is 7. The number of nitro groups is 2. The molecule has 0 amide bonds. The summed E-state index contributed by atoms with van der Waals surface area (Å²) in [6.45, 7) is 3.73. The predicted octanol–water partition coefficient (Wildman–Crippen LogP) is 6.63. The summed E-state index contributed by atoms with van der Waals surface area (Å²) >= 11 is 0. The topological polar surface area (TPSA) is 150 Å². The van der Waals surface area contributed by atoms with Crippen LogP contribution in [-0.2, 0) is 4.74 Å². The maximum Gasteiger partial charge on any atom is 0.338 e. The first-order valence-corrected chi connectivity index (χ1v) is 11.6. The van der Waals surface area contributed by atoms with Gasteiger partial charge in [-0.05, 0) is 60.4 Å². The zero-order valence-corrected chi connectivity index (χ0v) is 21.3. The average molecular weight is 529 g/mol. The molecule has 1 N–H and O–H groups in total. The van der Waals surface area contributed by atoms with Crippen LogP contribution in [0.5, 0.6) is 0 Å². The van der Waals surface area contributed by atoms with Crippen LogP contribution in [0.25, 0.3) is 22.3 Å². The molecule has 0 aliphatic rings. The van der Waals surface area contributed by atoms with Crippen LogP contribution in [0.4, 0.5) is 11.4 Å². The molecule has 0 saturated heterocycles. The summed E-state index contributed by atoms with van der Waals surface area (Å²) in [6, 6.07) is 22.9. The van der Waals surface area contributed by atoms with E-state index in [0.29, 0.717) is 11.1 Å². The van der Waals surface area contributed by atoms with E-state index in [9.17, 15) is 29.8 Å². The molecule has 0 unspecified atom stereocenters. The SMILES string of the molecule is COC(=O)c1ccc(-c2ccccc2C)c([N+](=O)[O-])c1.Cc1ccccc1-c1ccc(C(=O)O)cc1[N+](=O)[O-]. The summed E-state index contributed by atoms with van der Waals surface area (Å²) in [4.78, 5) is 43.6. The molecule has 0 fully saturated rings. The van der Waals surface area contributed by atoms with E-state index < -0.39 is 21.8 Å². The lowest BCUT2D eigenvalue weighted by Crippen LogP contribution is -2.03. The highest BCUT2D eigenvalue weighted by Gasteiger charge is 2.20. The number of ether oxygens (including phenoxy) is 1. The number of aryl methyl sites for hydroxylation is 2. The van der Waals surface area contributed by atoms with Gasteiger partial charge in [-0.2, -0.15) is 0 Å². The molecule has 0 bridgehead atoms. The lowest BCUT2D eigenvalue weighted by Gasteiger charge is -2.08. The number of carbonyl (C=O) groups is 2. The third kappa shape index (κ3) is 6.50. The number of carbonyl (C=O) groups excluding carboxylic acids is 1. The number of rotatable bonds is 6. The van der Waals surface area contributed by atoms with Crippen LogP contribution in [0.3, 0.4) is 0 Å². The smallest absolute Gasteiger partial charge is 0.338 e. The summed E-state index contributed by atoms with van der Waals surface area (Å²) < 4.78 is 4.58. The van der Waals surface area contributed by atoms with Crippen molar-refractivity contribution in [3.05, 3.63) is 127 Å². The van der Waals surface area contributed by atoms with E-state index in [1.807, 2.05) is 50.2 Å². The van der Waals surface area contributed by atoms with Gasteiger partial charge in [-0.15, -0.1) is 0 Å². The zero-order valence-electron chi connectivity index (χ0n) is 21.3. The van der Waals surface area contributed by atoms with Crippen LogP contribution in [0, 0.1) is 34.1 Å². The molecule has 4 aromatic carbocycles. The lowest BCUT2D eigenvalue weighted by atomic mass is 9.98. The van der Waals surface area contributed by atoms with Crippen molar-refractivity contribution in [2.45, 2.75) is 13.8 Å². The van der Waals surface area contributed by atoms with Gasteiger partial charge >= 0.3 is 11.9 Å². The first-order valence-electron chi connectivity index (χ1n) is 11.6. The van der Waals surface area contributed by atoms with Crippen molar-refractivity contribution in [3.8, 4) is 22.3 Å². The van der Waals surface area contributed by atoms with Crippen molar-refractivity contribution >= 4 is 23.3 Å². The van der Waals surface area contributed by atoms with Gasteiger partial charge in [0.2, 0.25) is 0 Å². The molecule has 4 rings (SSSR count). The van der Waals surface area contributed by atoms with E-state index in [-0.39, 0.29) is 22.5 Å². The summed E-state index contributed by atoms with van der Waals surface area (Å²) in [5.74, 6) is -1.77. The number of nitro benzene ring substituents is 2. The molecule has 198 valence electrons. The molecule has 0 heterocycles. The Morgan fingerprint density at radius 2 is 1.08 bits per heavy atom. The number of aromatic carboxylic acids is 1. The van der Waals surface area contributed by atoms with Gasteiger partial charge < -0.3 is 9.84 Å². The predicted molar refractivity (Wildman–Crippen MR) is 145 cm³/mol. The van der Waals surface area contributed by atoms with Crippen LogP contribution in [-0.4, -0.2) is 34.0 Å². The number of benzene rings is 4. The van der Waals surface area contributed by atoms with Gasteiger partial charge in [-0.1, -0.05) is 48.5 Å². The summed E-state index contributed by atoms with van der Waals surface area (Å²) in [6.07, 6.45) is 0. The molecule has 0 spiro atoms. The molecule has 4 aromatic rings. The van der Waals surface area contributed by atoms with Gasteiger partial charge in [0.25, 0.3) is 11.4 Å². The highest BCUT2D eigenvalue weighted by molar-refractivity contribution is 5.92. The number of carboxylic acids is 1. The normalized spacial score (nSPS) is 10.1. The van der Waals surface area contributed by atoms with Gasteiger partial charge in [0, 0.05) is 12.1 Å². The Morgan fingerprint density at radius 3 is 1.46 bits per heavy atom. The second-order valence-corrected chi connectivity index (χ2v) is 8.40. The molecule has 0 aromatic heterocycles. The number of methoxy groups -OCH3 is 1. The average Bonchev–Trinajstić information content (AvgIpc) is 2.93. The highest BCUT2D eigenvalue weighted by atomic mass is 16.6. The van der Waals surface area contributed by atoms with Gasteiger partial charge in [0.15, 0.2) is 0 Å². The fourth-order valence-corrected chi connectivity index (χ4v) is 3.95. The standard InChI is InChI=1S/C15H13NO4.C14H11NO4/c1-10-5-3-4-6-12(10)13-8-7-11(15(17)20-2)9-14(13)16(18)19;1-9-4-2-3-5-11(9)12-7-6-10(14(16)17)8-13(12)15(18)19/h3-9H,1-2H3;2-8H,1H3,(H,16,17). The molecule has 39 heavy (non-hydrogen) atoms. The molecule has 0 aliphatic heterocycles. The Bertz CT molecular complexity index is 1580. The second-order valence-electron chi connectivity index (χ2n) is 8.40. The summed E-state index contributed by atoms with van der Waals surface area (Å²) in [7, 11) is 1.24. The molecular weight excluding hydrogens is 504 g/mol. The van der Waals surface area contributed by atoms with Crippen LogP contribution in [0.15, 0.2) is 84.9 Å². The molecule has 0 atom stereocenters. The Kier molecular flexibility index (Phi) is 8.85. The zero-order chi connectivity index (χ0) is 28.7. The van der Waals surface area contributed by atoms with Gasteiger partial charge in [0.05, 0.1) is 39.2 Å². The van der Waals surface area contributed by atoms with E-state index in [1.54, 1.807) is 18.2 Å². The Labute approximate surface area is 223 Å². The highest BCUT2D eigenvalue weighted by Crippen LogP contribution is 2.34. The monoisotopic (exact) mass is 528 g/mol. The van der Waals surface area contributed by atoms with Crippen LogP contribution in [0.2, 0.25) is 0 Å². The van der Waals surface area contributed by atoms with Crippen molar-refractivity contribution in [2.75, 3.05) is 7.11 Å². The van der Waals surface area contributed by atoms with Crippen molar-refractivity contribution in [1.29, 1.82) is 0 Å². The van der Waals surface area contributed by atoms with E-state index >= 15 is 0 Å². The fourth-order valence-electron chi connectivity index (χ4n) is 3.95. The molecular formula is C29H24N2O8. The van der Waals surface area contributed by atoms with E-state index in [4.69, 9.17) is 5.11 Å². The number of nitrogens with zero attached hydrogens (tertiary/aromatic N) is 2. The van der Waals surface area contributed by atoms with Gasteiger partial charge in [-0.25, -0.2) is 9.59 Å². The van der Waals surface area contributed by atoms with Crippen molar-refractivity contribution < 1.29 is 29.3 Å². The minimum atomic E-state index is -1.18. The Morgan fingerprint density at radius 1 is 0.667 bits per heavy atom. The van der Waals surface area contributed by atoms with Crippen LogP contribution < -0.4 is 0 Å². The molecule has 0 saturated carbocycles. The van der Waals surface area contributed by atoms with Crippen LogP contribution in [0.1, 0.15) is 31.8 Å².